The van der Waals surface area contributed by atoms with Crippen LogP contribution in [-0.4, -0.2) is 64.1 Å². The molecule has 0 spiro atoms. The molecule has 3 aromatic carbocycles. The summed E-state index contributed by atoms with van der Waals surface area (Å²) in [5, 5.41) is 13.6. The van der Waals surface area contributed by atoms with Crippen LogP contribution in [-0.2, 0) is 17.1 Å². The number of allylic oxidation sites excluding steroid dienone is 1. The Labute approximate surface area is 286 Å². The van der Waals surface area contributed by atoms with Crippen molar-refractivity contribution in [1.82, 2.24) is 14.7 Å². The zero-order valence-electron chi connectivity index (χ0n) is 27.2. The van der Waals surface area contributed by atoms with Crippen LogP contribution in [0.2, 0.25) is 0 Å². The molecule has 0 unspecified atom stereocenters. The summed E-state index contributed by atoms with van der Waals surface area (Å²) in [5.41, 5.74) is -0.257. The van der Waals surface area contributed by atoms with Crippen LogP contribution in [0.3, 0.4) is 0 Å². The van der Waals surface area contributed by atoms with Crippen LogP contribution in [0.5, 0.6) is 5.75 Å². The van der Waals surface area contributed by atoms with Crippen LogP contribution in [0.1, 0.15) is 45.6 Å². The molecule has 1 saturated heterocycles. The van der Waals surface area contributed by atoms with Gasteiger partial charge in [-0.05, 0) is 84.6 Å². The van der Waals surface area contributed by atoms with E-state index < -0.39 is 53.3 Å². The molecule has 16 heteroatoms. The number of aryl methyl sites for hydroxylation is 1. The molecule has 6 rings (SSSR count). The largest absolute Gasteiger partial charge is 0.495 e. The number of benzene rings is 3. The topological polar surface area (TPSA) is 109 Å². The molecule has 1 fully saturated rings. The van der Waals surface area contributed by atoms with E-state index in [9.17, 15) is 41.0 Å². The highest BCUT2D eigenvalue weighted by molar-refractivity contribution is 5.97. The molecule has 1 aromatic heterocycles. The lowest BCUT2D eigenvalue weighted by Gasteiger charge is -2.33. The number of ether oxygens (including phenoxy) is 2. The Hall–Kier alpha value is -5.80. The standard InChI is InChI=1S/C35H29F6N5O5/c1-19-11-22(32(47)48)5-7-27(19)21-6-8-29(50-3)28(14-21)45-18-42-30(46-10-4-9-43-46)16-26(45)17-44-20(2)31(51-33(44)49)23-12-24(34(36,37)38)15-25(13-23)35(39,40)41/h4-16,20,31H,17-18H2,1-3H3,(H,47,48)/t20-,31-/m0/s1. The Balaban J connectivity index is 1.38. The van der Waals surface area contributed by atoms with Gasteiger partial charge in [-0.1, -0.05) is 12.1 Å². The quantitative estimate of drug-likeness (QED) is 0.195. The molecule has 0 bridgehead atoms. The maximum Gasteiger partial charge on any atom is 0.416 e. The molecule has 266 valence electrons. The molecule has 51 heavy (non-hydrogen) atoms. The van der Waals surface area contributed by atoms with Crippen LogP contribution in [0.25, 0.3) is 11.1 Å². The lowest BCUT2D eigenvalue weighted by atomic mass is 9.97. The predicted molar refractivity (Wildman–Crippen MR) is 172 cm³/mol. The van der Waals surface area contributed by atoms with Crippen LogP contribution in [0.15, 0.2) is 89.8 Å². The van der Waals surface area contributed by atoms with Gasteiger partial charge in [0.1, 0.15) is 18.5 Å². The van der Waals surface area contributed by atoms with Crippen molar-refractivity contribution in [3.8, 4) is 16.9 Å². The zero-order chi connectivity index (χ0) is 36.8. The summed E-state index contributed by atoms with van der Waals surface area (Å²) < 4.78 is 94.6. The normalized spacial score (nSPS) is 18.0. The van der Waals surface area contributed by atoms with E-state index in [0.717, 1.165) is 5.56 Å². The third-order valence-corrected chi connectivity index (χ3v) is 8.67. The van der Waals surface area contributed by atoms with Crippen molar-refractivity contribution in [1.29, 1.82) is 0 Å². The average Bonchev–Trinajstić information content (AvgIpc) is 3.72. The van der Waals surface area contributed by atoms with Crippen LogP contribution < -0.4 is 9.64 Å². The highest BCUT2D eigenvalue weighted by Gasteiger charge is 2.44. The van der Waals surface area contributed by atoms with E-state index >= 15 is 0 Å². The van der Waals surface area contributed by atoms with E-state index in [1.165, 1.54) is 29.7 Å². The molecule has 0 saturated carbocycles. The number of aliphatic imine (C=N–C) groups is 1. The van der Waals surface area contributed by atoms with Crippen molar-refractivity contribution >= 4 is 23.6 Å². The fourth-order valence-corrected chi connectivity index (χ4v) is 6.08. The van der Waals surface area contributed by atoms with Gasteiger partial charge in [0.2, 0.25) is 0 Å². The number of amides is 1. The van der Waals surface area contributed by atoms with Gasteiger partial charge in [0.15, 0.2) is 5.84 Å². The molecule has 0 aliphatic carbocycles. The maximum absolute atomic E-state index is 13.7. The van der Waals surface area contributed by atoms with E-state index in [0.29, 0.717) is 46.2 Å². The maximum atomic E-state index is 13.7. The fraction of sp³-hybridized carbons (Fsp3) is 0.257. The third-order valence-electron chi connectivity index (χ3n) is 8.67. The lowest BCUT2D eigenvalue weighted by Crippen LogP contribution is -2.40. The first-order valence-corrected chi connectivity index (χ1v) is 15.4. The van der Waals surface area contributed by atoms with Crippen molar-refractivity contribution in [2.24, 2.45) is 4.99 Å². The third kappa shape index (κ3) is 6.98. The first-order valence-electron chi connectivity index (χ1n) is 15.4. The Morgan fingerprint density at radius 1 is 1.02 bits per heavy atom. The van der Waals surface area contributed by atoms with Gasteiger partial charge in [-0.15, -0.1) is 0 Å². The number of aromatic nitrogens is 2. The number of alkyl halides is 6. The number of carbonyl (C=O) groups excluding carboxylic acids is 1. The Bertz CT molecular complexity index is 2030. The second kappa shape index (κ2) is 13.2. The van der Waals surface area contributed by atoms with E-state index in [2.05, 4.69) is 10.1 Å². The van der Waals surface area contributed by atoms with Crippen LogP contribution in [0, 0.1) is 6.92 Å². The number of carboxylic acid groups (broad SMARTS) is 1. The number of halogens is 6. The summed E-state index contributed by atoms with van der Waals surface area (Å²) in [6.07, 6.45) is -7.72. The van der Waals surface area contributed by atoms with Gasteiger partial charge in [-0.25, -0.2) is 19.3 Å². The van der Waals surface area contributed by atoms with E-state index in [1.54, 1.807) is 66.7 Å². The lowest BCUT2D eigenvalue weighted by molar-refractivity contribution is -0.143. The Morgan fingerprint density at radius 3 is 2.31 bits per heavy atom. The number of carbonyl (C=O) groups is 2. The van der Waals surface area contributed by atoms with Crippen molar-refractivity contribution in [2.75, 3.05) is 25.2 Å². The summed E-state index contributed by atoms with van der Waals surface area (Å²) in [6, 6.07) is 11.9. The van der Waals surface area contributed by atoms with Gasteiger partial charge in [0.05, 0.1) is 42.1 Å². The van der Waals surface area contributed by atoms with Gasteiger partial charge < -0.3 is 19.5 Å². The molecule has 3 heterocycles. The van der Waals surface area contributed by atoms with Crippen molar-refractivity contribution in [2.45, 2.75) is 38.3 Å². The van der Waals surface area contributed by atoms with E-state index in [1.807, 2.05) is 0 Å². The highest BCUT2D eigenvalue weighted by atomic mass is 19.4. The zero-order valence-corrected chi connectivity index (χ0v) is 27.2. The number of hydrogen-bond acceptors (Lipinski definition) is 7. The SMILES string of the molecule is COc1ccc(-c2ccc(C(=O)O)cc2C)cc1N1CN=C(n2cccn2)C=C1CN1C(=O)O[C@H](c2cc(C(F)(F)F)cc(C(F)(F)F)c2)[C@@H]1C. The monoisotopic (exact) mass is 713 g/mol. The molecule has 4 aromatic rings. The number of carboxylic acids is 1. The Morgan fingerprint density at radius 2 is 1.73 bits per heavy atom. The van der Waals surface area contributed by atoms with Gasteiger partial charge in [-0.2, -0.15) is 31.4 Å². The summed E-state index contributed by atoms with van der Waals surface area (Å²) in [7, 11) is 1.46. The fourth-order valence-electron chi connectivity index (χ4n) is 6.08. The first kappa shape index (κ1) is 35.0. The first-order chi connectivity index (χ1) is 24.0. The second-order valence-electron chi connectivity index (χ2n) is 11.9. The second-order valence-corrected chi connectivity index (χ2v) is 11.9. The number of hydrogen-bond donors (Lipinski definition) is 1. The van der Waals surface area contributed by atoms with Crippen LogP contribution in [0.4, 0.5) is 36.8 Å². The molecule has 2 aliphatic rings. The highest BCUT2D eigenvalue weighted by Crippen LogP contribution is 2.42. The van der Waals surface area contributed by atoms with E-state index in [4.69, 9.17) is 9.47 Å². The number of aromatic carboxylic acids is 1. The predicted octanol–water partition coefficient (Wildman–Crippen LogP) is 7.79. The van der Waals surface area contributed by atoms with Gasteiger partial charge in [0, 0.05) is 24.2 Å². The molecule has 0 radical (unpaired) electrons. The molecule has 10 nitrogen and oxygen atoms in total. The molecular formula is C35H29F6N5O5. The molecular weight excluding hydrogens is 684 g/mol. The summed E-state index contributed by atoms with van der Waals surface area (Å²) >= 11 is 0. The molecule has 2 aliphatic heterocycles. The van der Waals surface area contributed by atoms with Crippen LogP contribution >= 0.6 is 0 Å². The average molecular weight is 714 g/mol. The van der Waals surface area contributed by atoms with E-state index in [-0.39, 0.29) is 24.8 Å². The van der Waals surface area contributed by atoms with Crippen molar-refractivity contribution < 1.29 is 50.5 Å². The Kier molecular flexibility index (Phi) is 9.04. The molecule has 2 atom stereocenters. The molecule has 1 amide bonds. The van der Waals surface area contributed by atoms with Gasteiger partial charge in [-0.3, -0.25) is 4.90 Å². The van der Waals surface area contributed by atoms with Gasteiger partial charge in [0.25, 0.3) is 0 Å². The number of cyclic esters (lactones) is 1. The summed E-state index contributed by atoms with van der Waals surface area (Å²) in [5.74, 6) is -0.258. The van der Waals surface area contributed by atoms with Crippen molar-refractivity contribution in [3.05, 3.63) is 113 Å². The smallest absolute Gasteiger partial charge is 0.416 e. The van der Waals surface area contributed by atoms with Crippen molar-refractivity contribution in [3.63, 3.8) is 0 Å². The number of nitrogens with zero attached hydrogens (tertiary/aromatic N) is 5. The number of anilines is 1. The minimum absolute atomic E-state index is 0.00103. The summed E-state index contributed by atoms with van der Waals surface area (Å²) in [4.78, 5) is 32.5. The minimum atomic E-state index is -5.08. The minimum Gasteiger partial charge on any atom is -0.495 e. The number of methoxy groups -OCH3 is 1. The molecule has 1 N–H and O–H groups in total. The summed E-state index contributed by atoms with van der Waals surface area (Å²) in [6.45, 7) is 3.06. The van der Waals surface area contributed by atoms with Gasteiger partial charge >= 0.3 is 24.4 Å². The number of rotatable bonds is 7.